The van der Waals surface area contributed by atoms with Crippen molar-refractivity contribution in [2.45, 2.75) is 77.3 Å². The van der Waals surface area contributed by atoms with E-state index in [9.17, 15) is 22.8 Å². The van der Waals surface area contributed by atoms with Crippen molar-refractivity contribution in [2.24, 2.45) is 0 Å². The number of hydrogen-bond donors (Lipinski definition) is 0. The van der Waals surface area contributed by atoms with Crippen LogP contribution >= 0.6 is 0 Å². The molecule has 0 saturated carbocycles. The molecule has 0 radical (unpaired) electrons. The van der Waals surface area contributed by atoms with Gasteiger partial charge in [0, 0.05) is 6.42 Å². The van der Waals surface area contributed by atoms with Crippen molar-refractivity contribution < 1.29 is 22.8 Å². The van der Waals surface area contributed by atoms with Gasteiger partial charge in [0.15, 0.2) is 0 Å². The first-order valence-electron chi connectivity index (χ1n) is 9.64. The zero-order chi connectivity index (χ0) is 20.4. The standard InChI is InChI=1S/C22H31F3O2/c1-2-3-4-5-6-7-8-9-10-11-12-13-14-15-16-17-18-19-20(26)21(27)22(23,24)25/h6-7,9-10,12-13,15-16H,2-5,8,11,14,17-19H2,1H3/b7-6-,10-9-,13-12-,16-15-. The second-order valence-electron chi connectivity index (χ2n) is 6.23. The summed E-state index contributed by atoms with van der Waals surface area (Å²) in [6, 6.07) is 0. The van der Waals surface area contributed by atoms with Gasteiger partial charge in [-0.05, 0) is 44.9 Å². The summed E-state index contributed by atoms with van der Waals surface area (Å²) in [7, 11) is 0. The predicted octanol–water partition coefficient (Wildman–Crippen LogP) is 6.83. The molecule has 0 unspecified atom stereocenters. The maximum Gasteiger partial charge on any atom is 0.458 e. The van der Waals surface area contributed by atoms with E-state index in [2.05, 4.69) is 37.3 Å². The molecule has 27 heavy (non-hydrogen) atoms. The van der Waals surface area contributed by atoms with E-state index in [0.29, 0.717) is 6.42 Å². The van der Waals surface area contributed by atoms with Gasteiger partial charge in [-0.1, -0.05) is 68.4 Å². The summed E-state index contributed by atoms with van der Waals surface area (Å²) in [4.78, 5) is 21.7. The van der Waals surface area contributed by atoms with E-state index in [1.54, 1.807) is 0 Å². The molecule has 0 aliphatic rings. The van der Waals surface area contributed by atoms with Crippen LogP contribution in [-0.4, -0.2) is 17.7 Å². The number of alkyl halides is 3. The van der Waals surface area contributed by atoms with Crippen molar-refractivity contribution in [2.75, 3.05) is 0 Å². The van der Waals surface area contributed by atoms with Crippen molar-refractivity contribution in [3.63, 3.8) is 0 Å². The number of hydrogen-bond acceptors (Lipinski definition) is 2. The summed E-state index contributed by atoms with van der Waals surface area (Å²) >= 11 is 0. The van der Waals surface area contributed by atoms with Crippen LogP contribution < -0.4 is 0 Å². The van der Waals surface area contributed by atoms with Crippen molar-refractivity contribution in [3.05, 3.63) is 48.6 Å². The number of Topliss-reactive ketones (excluding diaryl/α,β-unsaturated/α-hetero) is 2. The molecule has 0 rings (SSSR count). The first-order valence-corrected chi connectivity index (χ1v) is 9.64. The Bertz CT molecular complexity index is 526. The van der Waals surface area contributed by atoms with E-state index in [1.807, 2.05) is 18.2 Å². The van der Waals surface area contributed by atoms with Crippen molar-refractivity contribution in [1.29, 1.82) is 0 Å². The SMILES string of the molecule is CCCCC/C=C\C/C=C\C/C=C\C/C=C\CCCC(=O)C(=O)C(F)(F)F. The highest BCUT2D eigenvalue weighted by Gasteiger charge is 2.42. The number of halogens is 3. The molecular formula is C22H31F3O2. The second kappa shape index (κ2) is 16.3. The van der Waals surface area contributed by atoms with E-state index >= 15 is 0 Å². The fourth-order valence-electron chi connectivity index (χ4n) is 2.21. The normalized spacial score (nSPS) is 12.9. The van der Waals surface area contributed by atoms with Crippen LogP contribution in [0.1, 0.15) is 71.1 Å². The van der Waals surface area contributed by atoms with Crippen LogP contribution in [0.2, 0.25) is 0 Å². The van der Waals surface area contributed by atoms with E-state index in [-0.39, 0.29) is 12.8 Å². The highest BCUT2D eigenvalue weighted by Crippen LogP contribution is 2.17. The van der Waals surface area contributed by atoms with E-state index in [0.717, 1.165) is 25.7 Å². The van der Waals surface area contributed by atoms with Crippen LogP contribution in [-0.2, 0) is 9.59 Å². The first-order chi connectivity index (χ1) is 12.9. The van der Waals surface area contributed by atoms with Crippen LogP contribution in [0.15, 0.2) is 48.6 Å². The molecule has 0 spiro atoms. The number of carbonyl (C=O) groups is 2. The van der Waals surface area contributed by atoms with Crippen LogP contribution in [0.5, 0.6) is 0 Å². The molecule has 0 atom stereocenters. The first kappa shape index (κ1) is 25.1. The van der Waals surface area contributed by atoms with Gasteiger partial charge in [-0.2, -0.15) is 13.2 Å². The lowest BCUT2D eigenvalue weighted by Crippen LogP contribution is -2.30. The van der Waals surface area contributed by atoms with Crippen molar-refractivity contribution >= 4 is 11.6 Å². The van der Waals surface area contributed by atoms with Gasteiger partial charge in [0.25, 0.3) is 0 Å². The Kier molecular flexibility index (Phi) is 15.1. The fourth-order valence-corrected chi connectivity index (χ4v) is 2.21. The van der Waals surface area contributed by atoms with E-state index < -0.39 is 17.7 Å². The highest BCUT2D eigenvalue weighted by molar-refractivity contribution is 6.39. The summed E-state index contributed by atoms with van der Waals surface area (Å²) in [5.41, 5.74) is 0. The molecule has 0 amide bonds. The Hall–Kier alpha value is -1.91. The smallest absolute Gasteiger partial charge is 0.291 e. The summed E-state index contributed by atoms with van der Waals surface area (Å²) in [6.07, 6.45) is 19.2. The molecule has 0 aliphatic heterocycles. The lowest BCUT2D eigenvalue weighted by atomic mass is 10.1. The molecule has 5 heteroatoms. The van der Waals surface area contributed by atoms with Gasteiger partial charge < -0.3 is 0 Å². The number of ketones is 2. The molecule has 0 aromatic carbocycles. The van der Waals surface area contributed by atoms with E-state index in [4.69, 9.17) is 0 Å². The summed E-state index contributed by atoms with van der Waals surface area (Å²) in [5.74, 6) is -3.62. The Morgan fingerprint density at radius 3 is 1.59 bits per heavy atom. The Morgan fingerprint density at radius 1 is 0.704 bits per heavy atom. The second-order valence-corrected chi connectivity index (χ2v) is 6.23. The minimum atomic E-state index is -5.06. The summed E-state index contributed by atoms with van der Waals surface area (Å²) < 4.78 is 36.1. The molecule has 2 nitrogen and oxygen atoms in total. The third-order valence-electron chi connectivity index (χ3n) is 3.74. The third-order valence-corrected chi connectivity index (χ3v) is 3.74. The van der Waals surface area contributed by atoms with Crippen LogP contribution in [0.4, 0.5) is 13.2 Å². The van der Waals surface area contributed by atoms with Crippen LogP contribution in [0.25, 0.3) is 0 Å². The zero-order valence-electron chi connectivity index (χ0n) is 16.1. The summed E-state index contributed by atoms with van der Waals surface area (Å²) in [5, 5.41) is 0. The average Bonchev–Trinajstić information content (AvgIpc) is 2.62. The molecular weight excluding hydrogens is 353 g/mol. The monoisotopic (exact) mass is 384 g/mol. The largest absolute Gasteiger partial charge is 0.458 e. The van der Waals surface area contributed by atoms with Gasteiger partial charge in [0.1, 0.15) is 0 Å². The topological polar surface area (TPSA) is 34.1 Å². The van der Waals surface area contributed by atoms with Gasteiger partial charge in [-0.15, -0.1) is 0 Å². The van der Waals surface area contributed by atoms with E-state index in [1.165, 1.54) is 19.3 Å². The summed E-state index contributed by atoms with van der Waals surface area (Å²) in [6.45, 7) is 2.20. The van der Waals surface area contributed by atoms with Crippen molar-refractivity contribution in [3.8, 4) is 0 Å². The number of unbranched alkanes of at least 4 members (excludes halogenated alkanes) is 4. The lowest BCUT2D eigenvalue weighted by Gasteiger charge is -2.02. The van der Waals surface area contributed by atoms with Gasteiger partial charge in [0.2, 0.25) is 5.78 Å². The number of rotatable bonds is 15. The Balaban J connectivity index is 3.64. The van der Waals surface area contributed by atoms with Gasteiger partial charge in [-0.25, -0.2) is 0 Å². The average molecular weight is 384 g/mol. The third kappa shape index (κ3) is 16.0. The molecule has 0 aromatic heterocycles. The van der Waals surface area contributed by atoms with Crippen LogP contribution in [0.3, 0.4) is 0 Å². The number of allylic oxidation sites excluding steroid dienone is 8. The Labute approximate surface area is 160 Å². The molecule has 152 valence electrons. The van der Waals surface area contributed by atoms with Crippen molar-refractivity contribution in [1.82, 2.24) is 0 Å². The molecule has 0 saturated heterocycles. The highest BCUT2D eigenvalue weighted by atomic mass is 19.4. The molecule has 0 heterocycles. The van der Waals surface area contributed by atoms with Gasteiger partial charge in [-0.3, -0.25) is 9.59 Å². The fraction of sp³-hybridized carbons (Fsp3) is 0.545. The molecule has 0 N–H and O–H groups in total. The number of carbonyl (C=O) groups excluding carboxylic acids is 2. The van der Waals surface area contributed by atoms with Crippen LogP contribution in [0, 0.1) is 0 Å². The van der Waals surface area contributed by atoms with Gasteiger partial charge in [0.05, 0.1) is 0 Å². The van der Waals surface area contributed by atoms with Gasteiger partial charge >= 0.3 is 12.0 Å². The maximum absolute atomic E-state index is 12.0. The molecule has 0 aliphatic carbocycles. The molecule has 0 fully saturated rings. The lowest BCUT2D eigenvalue weighted by molar-refractivity contribution is -0.174. The minimum absolute atomic E-state index is 0.246. The Morgan fingerprint density at radius 2 is 1.15 bits per heavy atom. The maximum atomic E-state index is 12.0. The molecule has 0 aromatic rings. The zero-order valence-corrected chi connectivity index (χ0v) is 16.1. The predicted molar refractivity (Wildman–Crippen MR) is 104 cm³/mol. The minimum Gasteiger partial charge on any atom is -0.291 e. The quantitative estimate of drug-likeness (QED) is 0.176. The molecule has 0 bridgehead atoms.